The zero-order chi connectivity index (χ0) is 18.8. The molecule has 27 heavy (non-hydrogen) atoms. The molecule has 2 aliphatic rings. The third-order valence-electron chi connectivity index (χ3n) is 4.88. The molecule has 0 spiro atoms. The maximum absolute atomic E-state index is 6.87. The molecular formula is C20H24ClN5O. The summed E-state index contributed by atoms with van der Waals surface area (Å²) in [5.74, 6) is 2.23. The fraction of sp³-hybridized carbons (Fsp3) is 0.400. The van der Waals surface area contributed by atoms with E-state index in [9.17, 15) is 0 Å². The van der Waals surface area contributed by atoms with E-state index in [1.807, 2.05) is 20.0 Å². The number of nitrogens with zero attached hydrogens (tertiary/aromatic N) is 2. The second kappa shape index (κ2) is 7.74. The Balaban J connectivity index is 1.77. The summed E-state index contributed by atoms with van der Waals surface area (Å²) in [4.78, 5) is 8.98. The highest BCUT2D eigenvalue weighted by molar-refractivity contribution is 6.35. The van der Waals surface area contributed by atoms with Crippen LogP contribution in [0, 0.1) is 6.92 Å². The first-order chi connectivity index (χ1) is 13.2. The Morgan fingerprint density at radius 3 is 2.96 bits per heavy atom. The Morgan fingerprint density at radius 2 is 2.11 bits per heavy atom. The van der Waals surface area contributed by atoms with E-state index < -0.39 is 0 Å². The lowest BCUT2D eigenvalue weighted by Gasteiger charge is -2.17. The molecule has 0 saturated carbocycles. The van der Waals surface area contributed by atoms with Crippen molar-refractivity contribution in [3.8, 4) is 5.75 Å². The molecule has 0 atom stereocenters. The molecule has 0 bridgehead atoms. The van der Waals surface area contributed by atoms with Crippen LogP contribution in [-0.4, -0.2) is 36.7 Å². The summed E-state index contributed by atoms with van der Waals surface area (Å²) >= 11 is 6.87. The van der Waals surface area contributed by atoms with Crippen molar-refractivity contribution in [3.05, 3.63) is 40.1 Å². The molecular weight excluding hydrogens is 362 g/mol. The first kappa shape index (κ1) is 18.1. The molecule has 0 unspecified atom stereocenters. The van der Waals surface area contributed by atoms with Crippen molar-refractivity contribution >= 4 is 34.6 Å². The van der Waals surface area contributed by atoms with E-state index in [2.05, 4.69) is 38.1 Å². The molecule has 0 amide bonds. The zero-order valence-corrected chi connectivity index (χ0v) is 16.4. The van der Waals surface area contributed by atoms with Gasteiger partial charge in [-0.3, -0.25) is 0 Å². The molecule has 2 aromatic rings. The molecule has 3 N–H and O–H groups in total. The van der Waals surface area contributed by atoms with Crippen molar-refractivity contribution in [1.82, 2.24) is 15.3 Å². The van der Waals surface area contributed by atoms with Gasteiger partial charge in [0.05, 0.1) is 17.3 Å². The van der Waals surface area contributed by atoms with Crippen LogP contribution >= 0.6 is 11.6 Å². The van der Waals surface area contributed by atoms with Crippen LogP contribution in [0.4, 0.5) is 17.5 Å². The highest BCUT2D eigenvalue weighted by Crippen LogP contribution is 2.45. The van der Waals surface area contributed by atoms with Crippen molar-refractivity contribution in [1.29, 1.82) is 0 Å². The number of anilines is 3. The first-order valence-electron chi connectivity index (χ1n) is 9.34. The average molecular weight is 386 g/mol. The number of ether oxygens (including phenoxy) is 1. The maximum Gasteiger partial charge on any atom is 0.229 e. The Labute approximate surface area is 164 Å². The molecule has 3 heterocycles. The van der Waals surface area contributed by atoms with Crippen LogP contribution < -0.4 is 20.7 Å². The molecule has 0 fully saturated rings. The largest absolute Gasteiger partial charge is 0.492 e. The van der Waals surface area contributed by atoms with Crippen molar-refractivity contribution in [3.63, 3.8) is 0 Å². The summed E-state index contributed by atoms with van der Waals surface area (Å²) in [6.45, 7) is 4.51. The summed E-state index contributed by atoms with van der Waals surface area (Å²) < 4.78 is 5.95. The lowest BCUT2D eigenvalue weighted by molar-refractivity contribution is 0.356. The second-order valence-corrected chi connectivity index (χ2v) is 7.21. The summed E-state index contributed by atoms with van der Waals surface area (Å²) in [6.07, 6.45) is 5.18. The van der Waals surface area contributed by atoms with Gasteiger partial charge in [-0.1, -0.05) is 17.7 Å². The number of allylic oxidation sites excluding steroid dienone is 1. The fourth-order valence-corrected chi connectivity index (χ4v) is 3.90. The molecule has 0 aliphatic carbocycles. The van der Waals surface area contributed by atoms with Gasteiger partial charge < -0.3 is 20.7 Å². The van der Waals surface area contributed by atoms with E-state index in [-0.39, 0.29) is 0 Å². The highest BCUT2D eigenvalue weighted by atomic mass is 35.5. The average Bonchev–Trinajstić information content (AvgIpc) is 2.95. The summed E-state index contributed by atoms with van der Waals surface area (Å²) in [5.41, 5.74) is 5.14. The number of hydrogen-bond acceptors (Lipinski definition) is 6. The van der Waals surface area contributed by atoms with Crippen LogP contribution in [0.15, 0.2) is 18.2 Å². The van der Waals surface area contributed by atoms with Crippen LogP contribution in [0.3, 0.4) is 0 Å². The standard InChI is InChI=1S/C20H24ClN5O/c1-12-10-16(22-2)26-20(24-12)25-15-11-14-6-9-27-19(14)17(18(15)21)13-4-3-7-23-8-5-13/h5,10-11,23H,3-4,6-9H2,1-2H3,(H2,22,24,25,26). The summed E-state index contributed by atoms with van der Waals surface area (Å²) in [7, 11) is 1.84. The molecule has 2 aliphatic heterocycles. The minimum absolute atomic E-state index is 0.530. The molecule has 4 rings (SSSR count). The van der Waals surface area contributed by atoms with Gasteiger partial charge in [0.1, 0.15) is 11.6 Å². The van der Waals surface area contributed by atoms with E-state index in [1.54, 1.807) is 0 Å². The van der Waals surface area contributed by atoms with Gasteiger partial charge in [0.15, 0.2) is 0 Å². The Bertz CT molecular complexity index is 896. The number of fused-ring (bicyclic) bond motifs is 1. The Morgan fingerprint density at radius 1 is 1.22 bits per heavy atom. The molecule has 6 nitrogen and oxygen atoms in total. The maximum atomic E-state index is 6.87. The van der Waals surface area contributed by atoms with E-state index in [0.29, 0.717) is 17.6 Å². The van der Waals surface area contributed by atoms with Gasteiger partial charge in [-0.2, -0.15) is 4.98 Å². The van der Waals surface area contributed by atoms with Crippen molar-refractivity contribution < 1.29 is 4.74 Å². The highest BCUT2D eigenvalue weighted by Gasteiger charge is 2.25. The number of halogens is 1. The first-order valence-corrected chi connectivity index (χ1v) is 9.72. The summed E-state index contributed by atoms with van der Waals surface area (Å²) in [6, 6.07) is 3.96. The molecule has 0 radical (unpaired) electrons. The Kier molecular flexibility index (Phi) is 5.18. The van der Waals surface area contributed by atoms with Crippen molar-refractivity contribution in [2.75, 3.05) is 37.4 Å². The molecule has 142 valence electrons. The predicted octanol–water partition coefficient (Wildman–Crippen LogP) is 3.93. The van der Waals surface area contributed by atoms with E-state index in [4.69, 9.17) is 16.3 Å². The predicted molar refractivity (Wildman–Crippen MR) is 110 cm³/mol. The quantitative estimate of drug-likeness (QED) is 0.740. The Hall–Kier alpha value is -2.31. The molecule has 0 saturated heterocycles. The monoisotopic (exact) mass is 385 g/mol. The van der Waals surface area contributed by atoms with E-state index in [0.717, 1.165) is 60.9 Å². The van der Waals surface area contributed by atoms with Crippen LogP contribution in [0.25, 0.3) is 5.57 Å². The van der Waals surface area contributed by atoms with Crippen molar-refractivity contribution in [2.45, 2.75) is 26.2 Å². The molecule has 1 aromatic heterocycles. The number of aromatic nitrogens is 2. The molecule has 1 aromatic carbocycles. The van der Waals surface area contributed by atoms with Crippen LogP contribution in [-0.2, 0) is 6.42 Å². The number of hydrogen-bond donors (Lipinski definition) is 3. The summed E-state index contributed by atoms with van der Waals surface area (Å²) in [5, 5.41) is 10.5. The van der Waals surface area contributed by atoms with Crippen LogP contribution in [0.1, 0.15) is 29.7 Å². The number of benzene rings is 1. The third kappa shape index (κ3) is 3.73. The number of nitrogens with one attached hydrogen (secondary N) is 3. The smallest absolute Gasteiger partial charge is 0.229 e. The normalized spacial score (nSPS) is 16.2. The lowest BCUT2D eigenvalue weighted by atomic mass is 9.96. The minimum atomic E-state index is 0.530. The van der Waals surface area contributed by atoms with Gasteiger partial charge in [-0.05, 0) is 37.9 Å². The second-order valence-electron chi connectivity index (χ2n) is 6.83. The number of aryl methyl sites for hydroxylation is 1. The van der Waals surface area contributed by atoms with Crippen LogP contribution in [0.2, 0.25) is 5.02 Å². The lowest BCUT2D eigenvalue weighted by Crippen LogP contribution is -2.12. The fourth-order valence-electron chi connectivity index (χ4n) is 3.59. The van der Waals surface area contributed by atoms with Crippen LogP contribution in [0.5, 0.6) is 5.75 Å². The van der Waals surface area contributed by atoms with Gasteiger partial charge >= 0.3 is 0 Å². The SMILES string of the molecule is CNc1cc(C)nc(Nc2cc3c(c(C4=CCNCCC4)c2Cl)OCC3)n1. The van der Waals surface area contributed by atoms with Crippen molar-refractivity contribution in [2.24, 2.45) is 0 Å². The van der Waals surface area contributed by atoms with Gasteiger partial charge in [0.2, 0.25) is 5.95 Å². The zero-order valence-electron chi connectivity index (χ0n) is 15.7. The van der Waals surface area contributed by atoms with Gasteiger partial charge in [-0.25, -0.2) is 4.98 Å². The third-order valence-corrected chi connectivity index (χ3v) is 5.27. The van der Waals surface area contributed by atoms with E-state index in [1.165, 1.54) is 11.1 Å². The topological polar surface area (TPSA) is 71.1 Å². The van der Waals surface area contributed by atoms with Gasteiger partial charge in [0.25, 0.3) is 0 Å². The van der Waals surface area contributed by atoms with Gasteiger partial charge in [0, 0.05) is 42.9 Å². The van der Waals surface area contributed by atoms with E-state index >= 15 is 0 Å². The molecule has 7 heteroatoms. The van der Waals surface area contributed by atoms with Gasteiger partial charge in [-0.15, -0.1) is 0 Å². The number of rotatable bonds is 4. The minimum Gasteiger partial charge on any atom is -0.492 e.